The maximum atomic E-state index is 13.9. The summed E-state index contributed by atoms with van der Waals surface area (Å²) in [6.07, 6.45) is 5.76. The highest BCUT2D eigenvalue weighted by Gasteiger charge is 2.47. The van der Waals surface area contributed by atoms with E-state index in [4.69, 9.17) is 0 Å². The Morgan fingerprint density at radius 3 is 1.76 bits per heavy atom. The largest absolute Gasteiger partial charge is 0.355 e. The number of carbonyl (C=O) groups is 3. The molecule has 4 rings (SSSR count). The molecule has 0 radical (unpaired) electrons. The molecule has 0 aromatic heterocycles. The van der Waals surface area contributed by atoms with Crippen molar-refractivity contribution < 1.29 is 14.4 Å². The van der Waals surface area contributed by atoms with Crippen molar-refractivity contribution in [3.05, 3.63) is 71.8 Å². The van der Waals surface area contributed by atoms with Gasteiger partial charge in [-0.25, -0.2) is 0 Å². The third-order valence-electron chi connectivity index (χ3n) is 7.63. The molecule has 1 heterocycles. The van der Waals surface area contributed by atoms with Crippen LogP contribution in [0.1, 0.15) is 59.7 Å². The van der Waals surface area contributed by atoms with Crippen molar-refractivity contribution in [1.29, 1.82) is 0 Å². The number of benzene rings is 2. The Kier molecular flexibility index (Phi) is 8.28. The number of nitrogens with one attached hydrogen (secondary N) is 1. The summed E-state index contributed by atoms with van der Waals surface area (Å²) in [5, 5.41) is 2.87. The van der Waals surface area contributed by atoms with Crippen LogP contribution in [-0.4, -0.2) is 48.6 Å². The molecule has 34 heavy (non-hydrogen) atoms. The average molecular weight is 461 g/mol. The van der Waals surface area contributed by atoms with Crippen molar-refractivity contribution in [1.82, 2.24) is 10.2 Å². The van der Waals surface area contributed by atoms with Crippen LogP contribution < -0.4 is 5.32 Å². The summed E-state index contributed by atoms with van der Waals surface area (Å²) in [6, 6.07) is 19.1. The third-order valence-corrected chi connectivity index (χ3v) is 7.63. The fourth-order valence-electron chi connectivity index (χ4n) is 6.05. The predicted octanol–water partition coefficient (Wildman–Crippen LogP) is 4.63. The van der Waals surface area contributed by atoms with Crippen molar-refractivity contribution in [2.24, 2.45) is 23.7 Å². The zero-order valence-corrected chi connectivity index (χ0v) is 20.1. The summed E-state index contributed by atoms with van der Waals surface area (Å²) < 4.78 is 0. The van der Waals surface area contributed by atoms with E-state index in [9.17, 15) is 14.4 Å². The van der Waals surface area contributed by atoms with E-state index >= 15 is 0 Å². The molecule has 2 fully saturated rings. The average Bonchev–Trinajstić information content (AvgIpc) is 2.88. The second-order valence-electron chi connectivity index (χ2n) is 9.89. The van der Waals surface area contributed by atoms with Gasteiger partial charge in [0.25, 0.3) is 0 Å². The minimum Gasteiger partial charge on any atom is -0.355 e. The fourth-order valence-corrected chi connectivity index (χ4v) is 6.05. The lowest BCUT2D eigenvalue weighted by Crippen LogP contribution is -2.55. The summed E-state index contributed by atoms with van der Waals surface area (Å²) in [7, 11) is 0. The molecule has 0 unspecified atom stereocenters. The standard InChI is InChI=1S/C29H36N2O3/c1-21(32)30-17-18-31-19-25(28(33)23-13-7-3-8-14-23)27(22-11-5-2-6-12-22)26(20-31)29(34)24-15-9-4-10-16-24/h3-4,7-10,13-16,22,25-27H,2,5-6,11-12,17-20H2,1H3,(H,30,32)/t25-,26-/m0/s1. The first-order valence-electron chi connectivity index (χ1n) is 12.7. The van der Waals surface area contributed by atoms with Crippen LogP contribution in [0.25, 0.3) is 0 Å². The first-order valence-corrected chi connectivity index (χ1v) is 12.7. The Bertz CT molecular complexity index is 908. The Labute approximate surface area is 202 Å². The van der Waals surface area contributed by atoms with Crippen LogP contribution in [-0.2, 0) is 4.79 Å². The SMILES string of the molecule is CC(=O)NCCN1C[C@H](C(=O)c2ccccc2)C(C2CCCCC2)[C@@H](C(=O)c2ccccc2)C1. The van der Waals surface area contributed by atoms with Crippen LogP contribution in [0, 0.1) is 23.7 Å². The van der Waals surface area contributed by atoms with E-state index in [-0.39, 0.29) is 35.2 Å². The molecule has 5 heteroatoms. The molecule has 1 saturated heterocycles. The zero-order chi connectivity index (χ0) is 23.9. The van der Waals surface area contributed by atoms with Gasteiger partial charge in [0.15, 0.2) is 11.6 Å². The molecule has 180 valence electrons. The lowest BCUT2D eigenvalue weighted by atomic mass is 9.63. The van der Waals surface area contributed by atoms with Crippen LogP contribution >= 0.6 is 0 Å². The number of ketones is 2. The molecule has 0 bridgehead atoms. The van der Waals surface area contributed by atoms with Gasteiger partial charge in [-0.2, -0.15) is 0 Å². The molecule has 1 amide bonds. The van der Waals surface area contributed by atoms with Crippen molar-refractivity contribution in [3.63, 3.8) is 0 Å². The van der Waals surface area contributed by atoms with E-state index in [1.165, 1.54) is 26.2 Å². The van der Waals surface area contributed by atoms with Gasteiger partial charge in [-0.1, -0.05) is 92.8 Å². The lowest BCUT2D eigenvalue weighted by Gasteiger charge is -2.47. The minimum atomic E-state index is -0.228. The number of rotatable bonds is 8. The summed E-state index contributed by atoms with van der Waals surface area (Å²) >= 11 is 0. The molecule has 2 aliphatic rings. The molecule has 0 spiro atoms. The molecular weight excluding hydrogens is 424 g/mol. The number of piperidine rings is 1. The monoisotopic (exact) mass is 460 g/mol. The van der Waals surface area contributed by atoms with Gasteiger partial charge in [-0.15, -0.1) is 0 Å². The highest BCUT2D eigenvalue weighted by atomic mass is 16.1. The van der Waals surface area contributed by atoms with Crippen LogP contribution in [0.5, 0.6) is 0 Å². The smallest absolute Gasteiger partial charge is 0.216 e. The van der Waals surface area contributed by atoms with Gasteiger partial charge in [0.05, 0.1) is 0 Å². The van der Waals surface area contributed by atoms with Gasteiger partial charge in [-0.3, -0.25) is 14.4 Å². The first-order chi connectivity index (χ1) is 16.5. The van der Waals surface area contributed by atoms with Gasteiger partial charge in [-0.05, 0) is 11.8 Å². The summed E-state index contributed by atoms with van der Waals surface area (Å²) in [5.74, 6) is 0.200. The van der Waals surface area contributed by atoms with Crippen molar-refractivity contribution in [2.75, 3.05) is 26.2 Å². The van der Waals surface area contributed by atoms with Gasteiger partial charge in [0.2, 0.25) is 5.91 Å². The summed E-state index contributed by atoms with van der Waals surface area (Å²) in [4.78, 5) is 41.4. The van der Waals surface area contributed by atoms with Gasteiger partial charge in [0, 0.05) is 56.1 Å². The molecule has 1 aliphatic carbocycles. The van der Waals surface area contributed by atoms with E-state index in [1.807, 2.05) is 60.7 Å². The molecule has 2 aromatic carbocycles. The Balaban J connectivity index is 1.68. The molecule has 5 nitrogen and oxygen atoms in total. The van der Waals surface area contributed by atoms with E-state index in [0.717, 1.165) is 24.0 Å². The van der Waals surface area contributed by atoms with Crippen LogP contribution in [0.4, 0.5) is 0 Å². The number of hydrogen-bond donors (Lipinski definition) is 1. The Morgan fingerprint density at radius 1 is 0.794 bits per heavy atom. The van der Waals surface area contributed by atoms with Gasteiger partial charge in [0.1, 0.15) is 0 Å². The molecular formula is C29H36N2O3. The molecule has 1 aliphatic heterocycles. The van der Waals surface area contributed by atoms with Gasteiger partial charge < -0.3 is 10.2 Å². The zero-order valence-electron chi connectivity index (χ0n) is 20.1. The summed E-state index contributed by atoms with van der Waals surface area (Å²) in [5.41, 5.74) is 1.45. The number of likely N-dealkylation sites (tertiary alicyclic amines) is 1. The van der Waals surface area contributed by atoms with E-state index in [2.05, 4.69) is 10.2 Å². The topological polar surface area (TPSA) is 66.5 Å². The van der Waals surface area contributed by atoms with E-state index in [1.54, 1.807) is 0 Å². The number of nitrogens with zero attached hydrogens (tertiary/aromatic N) is 1. The second-order valence-corrected chi connectivity index (χ2v) is 9.89. The highest BCUT2D eigenvalue weighted by molar-refractivity contribution is 6.01. The van der Waals surface area contributed by atoms with Gasteiger partial charge >= 0.3 is 0 Å². The number of Topliss-reactive ketones (excluding diaryl/α,β-unsaturated/α-hetero) is 2. The normalized spacial score (nSPS) is 22.3. The summed E-state index contributed by atoms with van der Waals surface area (Å²) in [6.45, 7) is 3.93. The van der Waals surface area contributed by atoms with Crippen molar-refractivity contribution in [2.45, 2.75) is 39.0 Å². The third kappa shape index (κ3) is 5.82. The lowest BCUT2D eigenvalue weighted by molar-refractivity contribution is -0.119. The minimum absolute atomic E-state index is 0.0396. The Hall–Kier alpha value is -2.79. The highest BCUT2D eigenvalue weighted by Crippen LogP contribution is 2.43. The van der Waals surface area contributed by atoms with Crippen molar-refractivity contribution in [3.8, 4) is 0 Å². The fraction of sp³-hybridized carbons (Fsp3) is 0.483. The molecule has 1 N–H and O–H groups in total. The van der Waals surface area contributed by atoms with Crippen molar-refractivity contribution >= 4 is 17.5 Å². The van der Waals surface area contributed by atoms with Crippen LogP contribution in [0.3, 0.4) is 0 Å². The molecule has 2 aromatic rings. The Morgan fingerprint density at radius 2 is 1.29 bits per heavy atom. The van der Waals surface area contributed by atoms with E-state index < -0.39 is 0 Å². The molecule has 1 saturated carbocycles. The maximum absolute atomic E-state index is 13.9. The number of hydrogen-bond acceptors (Lipinski definition) is 4. The van der Waals surface area contributed by atoms with Crippen LogP contribution in [0.2, 0.25) is 0 Å². The maximum Gasteiger partial charge on any atom is 0.216 e. The first kappa shape index (κ1) is 24.3. The predicted molar refractivity (Wildman–Crippen MR) is 134 cm³/mol. The quantitative estimate of drug-likeness (QED) is 0.583. The van der Waals surface area contributed by atoms with E-state index in [0.29, 0.717) is 32.1 Å². The molecule has 2 atom stereocenters. The second kappa shape index (κ2) is 11.6. The number of carbonyl (C=O) groups excluding carboxylic acids is 3. The van der Waals surface area contributed by atoms with Crippen LogP contribution in [0.15, 0.2) is 60.7 Å². The number of amides is 1.